The summed E-state index contributed by atoms with van der Waals surface area (Å²) >= 11 is 12.3. The lowest BCUT2D eigenvalue weighted by atomic mass is 10.1. The zero-order valence-corrected chi connectivity index (χ0v) is 22.6. The fraction of sp³-hybridized carbons (Fsp3) is 0.107. The number of methoxy groups -OCH3 is 1. The molecule has 1 amide bonds. The van der Waals surface area contributed by atoms with Crippen molar-refractivity contribution in [3.8, 4) is 17.2 Å². The Balaban J connectivity index is 1.66. The van der Waals surface area contributed by atoms with Gasteiger partial charge in [-0.15, -0.1) is 0 Å². The average Bonchev–Trinajstić information content (AvgIpc) is 2.91. The van der Waals surface area contributed by atoms with Crippen molar-refractivity contribution >= 4 is 44.8 Å². The van der Waals surface area contributed by atoms with Gasteiger partial charge in [0.1, 0.15) is 22.4 Å². The maximum absolute atomic E-state index is 13.6. The third-order valence-corrected chi connectivity index (χ3v) is 7.45. The van der Waals surface area contributed by atoms with Gasteiger partial charge in [0.15, 0.2) is 5.75 Å². The van der Waals surface area contributed by atoms with E-state index in [1.807, 2.05) is 36.4 Å². The molecule has 0 aliphatic heterocycles. The minimum atomic E-state index is -4.23. The average molecular weight is 571 g/mol. The third kappa shape index (κ3) is 7.05. The fourth-order valence-electron chi connectivity index (χ4n) is 3.67. The van der Waals surface area contributed by atoms with Gasteiger partial charge in [0, 0.05) is 10.0 Å². The molecule has 0 fully saturated rings. The molecule has 0 aliphatic rings. The van der Waals surface area contributed by atoms with Gasteiger partial charge in [-0.3, -0.25) is 4.79 Å². The van der Waals surface area contributed by atoms with Crippen LogP contribution in [0.4, 0.5) is 5.69 Å². The highest BCUT2D eigenvalue weighted by Crippen LogP contribution is 2.32. The van der Waals surface area contributed by atoms with Gasteiger partial charge in [0.05, 0.1) is 12.8 Å². The number of benzene rings is 4. The van der Waals surface area contributed by atoms with E-state index in [1.54, 1.807) is 36.4 Å². The summed E-state index contributed by atoms with van der Waals surface area (Å²) in [6, 6.07) is 25.9. The predicted molar refractivity (Wildman–Crippen MR) is 149 cm³/mol. The van der Waals surface area contributed by atoms with E-state index in [1.165, 1.54) is 31.4 Å². The predicted octanol–water partition coefficient (Wildman–Crippen LogP) is 6.32. The van der Waals surface area contributed by atoms with E-state index in [0.29, 0.717) is 16.5 Å². The number of ether oxygens (including phenoxy) is 2. The third-order valence-electron chi connectivity index (χ3n) is 5.48. The second-order valence-electron chi connectivity index (χ2n) is 8.20. The number of hydrogen-bond donors (Lipinski definition) is 2. The molecule has 0 unspecified atom stereocenters. The van der Waals surface area contributed by atoms with Gasteiger partial charge in [0.2, 0.25) is 15.9 Å². The molecule has 0 radical (unpaired) electrons. The van der Waals surface area contributed by atoms with Crippen LogP contribution in [0.25, 0.3) is 0 Å². The van der Waals surface area contributed by atoms with Crippen molar-refractivity contribution in [3.05, 3.63) is 113 Å². The lowest BCUT2D eigenvalue weighted by molar-refractivity contribution is -0.117. The lowest BCUT2D eigenvalue weighted by Crippen LogP contribution is -2.45. The van der Waals surface area contributed by atoms with Gasteiger partial charge in [0.25, 0.3) is 0 Å². The Kier molecular flexibility index (Phi) is 8.91. The molecule has 0 spiro atoms. The molecule has 2 N–H and O–H groups in total. The van der Waals surface area contributed by atoms with Crippen molar-refractivity contribution in [2.45, 2.75) is 17.4 Å². The molecule has 4 aromatic carbocycles. The number of nitrogens with one attached hydrogen (secondary N) is 2. The van der Waals surface area contributed by atoms with Crippen LogP contribution >= 0.6 is 23.2 Å². The molecule has 38 heavy (non-hydrogen) atoms. The highest BCUT2D eigenvalue weighted by molar-refractivity contribution is 7.89. The molecule has 0 saturated heterocycles. The molecule has 0 saturated carbocycles. The Morgan fingerprint density at radius 2 is 1.45 bits per heavy atom. The van der Waals surface area contributed by atoms with Crippen molar-refractivity contribution < 1.29 is 22.7 Å². The summed E-state index contributed by atoms with van der Waals surface area (Å²) in [6.07, 6.45) is 0.0736. The van der Waals surface area contributed by atoms with Crippen molar-refractivity contribution in [2.24, 2.45) is 0 Å². The van der Waals surface area contributed by atoms with Crippen molar-refractivity contribution in [2.75, 3.05) is 12.4 Å². The molecular weight excluding hydrogens is 547 g/mol. The molecule has 4 rings (SSSR count). The largest absolute Gasteiger partial charge is 0.495 e. The first-order chi connectivity index (χ1) is 18.2. The topological polar surface area (TPSA) is 93.7 Å². The highest BCUT2D eigenvalue weighted by Gasteiger charge is 2.29. The van der Waals surface area contributed by atoms with E-state index < -0.39 is 22.0 Å². The van der Waals surface area contributed by atoms with E-state index in [0.717, 1.165) is 5.56 Å². The van der Waals surface area contributed by atoms with Crippen LogP contribution in [0, 0.1) is 0 Å². The summed E-state index contributed by atoms with van der Waals surface area (Å²) < 4.78 is 40.5. The van der Waals surface area contributed by atoms with Gasteiger partial charge < -0.3 is 14.8 Å². The van der Waals surface area contributed by atoms with Crippen LogP contribution < -0.4 is 19.5 Å². The monoisotopic (exact) mass is 570 g/mol. The first-order valence-corrected chi connectivity index (χ1v) is 13.7. The Labute approximate surface area is 231 Å². The number of anilines is 1. The lowest BCUT2D eigenvalue weighted by Gasteiger charge is -2.21. The van der Waals surface area contributed by atoms with Crippen molar-refractivity contribution in [1.29, 1.82) is 0 Å². The summed E-state index contributed by atoms with van der Waals surface area (Å²) in [5.41, 5.74) is 1.03. The first kappa shape index (κ1) is 27.5. The molecule has 0 bridgehead atoms. The number of amides is 1. The second kappa shape index (κ2) is 12.3. The summed E-state index contributed by atoms with van der Waals surface area (Å²) in [5.74, 6) is 0.374. The number of halogens is 2. The first-order valence-electron chi connectivity index (χ1n) is 11.5. The van der Waals surface area contributed by atoms with Crippen LogP contribution in [-0.2, 0) is 21.2 Å². The van der Waals surface area contributed by atoms with Crippen LogP contribution in [0.3, 0.4) is 0 Å². The number of carbonyl (C=O) groups is 1. The molecule has 4 aromatic rings. The summed E-state index contributed by atoms with van der Waals surface area (Å²) in [7, 11) is -2.88. The van der Waals surface area contributed by atoms with Gasteiger partial charge in [-0.05, 0) is 60.5 Å². The molecule has 0 aromatic heterocycles. The maximum atomic E-state index is 13.6. The van der Waals surface area contributed by atoms with Crippen molar-refractivity contribution in [3.63, 3.8) is 0 Å². The zero-order valence-electron chi connectivity index (χ0n) is 20.2. The Morgan fingerprint density at radius 1 is 0.842 bits per heavy atom. The quantitative estimate of drug-likeness (QED) is 0.232. The second-order valence-corrected chi connectivity index (χ2v) is 10.8. The Hall–Kier alpha value is -3.56. The van der Waals surface area contributed by atoms with Gasteiger partial charge in [-0.1, -0.05) is 71.7 Å². The van der Waals surface area contributed by atoms with Crippen LogP contribution in [0.2, 0.25) is 10.0 Å². The van der Waals surface area contributed by atoms with Gasteiger partial charge >= 0.3 is 0 Å². The maximum Gasteiger partial charge on any atom is 0.245 e. The minimum absolute atomic E-state index is 0.0736. The highest BCUT2D eigenvalue weighted by atomic mass is 35.5. The van der Waals surface area contributed by atoms with Crippen LogP contribution in [0.15, 0.2) is 102 Å². The van der Waals surface area contributed by atoms with E-state index in [4.69, 9.17) is 32.7 Å². The van der Waals surface area contributed by atoms with Crippen LogP contribution in [0.1, 0.15) is 5.56 Å². The Morgan fingerprint density at radius 3 is 2.11 bits per heavy atom. The summed E-state index contributed by atoms with van der Waals surface area (Å²) in [5, 5.41) is 3.34. The molecular formula is C28H24Cl2N2O5S. The SMILES string of the molecule is COc1ccc(Cl)cc1S(=O)(=O)N[C@H](Cc1ccccc1)C(=O)Nc1cc(Cl)ccc1Oc1ccccc1. The fourth-order valence-corrected chi connectivity index (χ4v) is 5.47. The molecule has 0 aliphatic carbocycles. The number of hydrogen-bond acceptors (Lipinski definition) is 5. The van der Waals surface area contributed by atoms with E-state index in [9.17, 15) is 13.2 Å². The van der Waals surface area contributed by atoms with E-state index in [2.05, 4.69) is 10.0 Å². The smallest absolute Gasteiger partial charge is 0.245 e. The number of carbonyl (C=O) groups excluding carboxylic acids is 1. The molecule has 10 heteroatoms. The van der Waals surface area contributed by atoms with E-state index >= 15 is 0 Å². The molecule has 196 valence electrons. The number of rotatable bonds is 10. The van der Waals surface area contributed by atoms with Crippen molar-refractivity contribution in [1.82, 2.24) is 4.72 Å². The van der Waals surface area contributed by atoms with Crippen LogP contribution in [-0.4, -0.2) is 27.5 Å². The van der Waals surface area contributed by atoms with Gasteiger partial charge in [-0.25, -0.2) is 8.42 Å². The molecule has 7 nitrogen and oxygen atoms in total. The summed E-state index contributed by atoms with van der Waals surface area (Å²) in [4.78, 5) is 13.4. The summed E-state index contributed by atoms with van der Waals surface area (Å²) in [6.45, 7) is 0. The van der Waals surface area contributed by atoms with E-state index in [-0.39, 0.29) is 27.8 Å². The zero-order chi connectivity index (χ0) is 27.1. The minimum Gasteiger partial charge on any atom is -0.495 e. The molecule has 0 heterocycles. The number of sulfonamides is 1. The molecule has 1 atom stereocenters. The Bertz CT molecular complexity index is 1520. The van der Waals surface area contributed by atoms with Gasteiger partial charge in [-0.2, -0.15) is 4.72 Å². The van der Waals surface area contributed by atoms with Crippen LogP contribution in [0.5, 0.6) is 17.2 Å². The number of para-hydroxylation sites is 1. The standard InChI is InChI=1S/C28H24Cl2N2O5S/c1-36-26-15-13-21(30)18-27(26)38(34,35)32-24(16-19-8-4-2-5-9-19)28(33)31-23-17-20(29)12-14-25(23)37-22-10-6-3-7-11-22/h2-15,17-18,24,32H,16H2,1H3,(H,31,33)/t24-/m1/s1. The normalized spacial score (nSPS) is 12.0.